The zero-order valence-electron chi connectivity index (χ0n) is 10.0. The lowest BCUT2D eigenvalue weighted by Gasteiger charge is -2.23. The van der Waals surface area contributed by atoms with E-state index in [0.29, 0.717) is 5.88 Å². The molecule has 90 valence electrons. The fourth-order valence-corrected chi connectivity index (χ4v) is 2.68. The minimum Gasteiger partial charge on any atom is -0.279 e. The third kappa shape index (κ3) is 2.06. The SMILES string of the molecule is ClCC1=NC(c2ccccc2)Cc2ccccc21. The Kier molecular flexibility index (Phi) is 3.16. The highest BCUT2D eigenvalue weighted by Gasteiger charge is 2.20. The molecule has 1 aliphatic rings. The first-order valence-corrected chi connectivity index (χ1v) is 6.68. The maximum atomic E-state index is 6.03. The molecule has 3 rings (SSSR count). The third-order valence-electron chi connectivity index (χ3n) is 3.36. The standard InChI is InChI=1S/C16H14ClN/c17-11-16-14-9-5-4-8-13(14)10-15(18-16)12-6-2-1-3-7-12/h1-9,15H,10-11H2. The third-order valence-corrected chi connectivity index (χ3v) is 3.62. The Balaban J connectivity index is 2.03. The van der Waals surface area contributed by atoms with E-state index in [9.17, 15) is 0 Å². The van der Waals surface area contributed by atoms with Crippen molar-refractivity contribution in [3.63, 3.8) is 0 Å². The summed E-state index contributed by atoms with van der Waals surface area (Å²) < 4.78 is 0. The molecule has 0 aromatic heterocycles. The second kappa shape index (κ2) is 4.95. The molecule has 2 heteroatoms. The Morgan fingerprint density at radius 2 is 1.72 bits per heavy atom. The minimum absolute atomic E-state index is 0.204. The zero-order chi connectivity index (χ0) is 12.4. The molecular weight excluding hydrogens is 242 g/mol. The monoisotopic (exact) mass is 255 g/mol. The molecule has 1 heterocycles. The predicted molar refractivity (Wildman–Crippen MR) is 76.6 cm³/mol. The lowest BCUT2D eigenvalue weighted by atomic mass is 9.91. The van der Waals surface area contributed by atoms with Gasteiger partial charge in [0.05, 0.1) is 17.6 Å². The normalized spacial score (nSPS) is 18.1. The Morgan fingerprint density at radius 1 is 1.00 bits per heavy atom. The van der Waals surface area contributed by atoms with Crippen LogP contribution in [-0.4, -0.2) is 11.6 Å². The van der Waals surface area contributed by atoms with Crippen molar-refractivity contribution >= 4 is 17.3 Å². The summed E-state index contributed by atoms with van der Waals surface area (Å²) in [4.78, 5) is 4.80. The summed E-state index contributed by atoms with van der Waals surface area (Å²) in [6.07, 6.45) is 0.959. The van der Waals surface area contributed by atoms with Gasteiger partial charge in [0.2, 0.25) is 0 Å². The van der Waals surface area contributed by atoms with Crippen LogP contribution in [0.15, 0.2) is 59.6 Å². The summed E-state index contributed by atoms with van der Waals surface area (Å²) in [5.74, 6) is 0.473. The number of rotatable bonds is 2. The van der Waals surface area contributed by atoms with Crippen LogP contribution in [0.25, 0.3) is 0 Å². The fraction of sp³-hybridized carbons (Fsp3) is 0.188. The predicted octanol–water partition coefficient (Wildman–Crippen LogP) is 4.01. The van der Waals surface area contributed by atoms with Crippen molar-refractivity contribution < 1.29 is 0 Å². The molecule has 0 bridgehead atoms. The Hall–Kier alpha value is -1.60. The van der Waals surface area contributed by atoms with Crippen LogP contribution < -0.4 is 0 Å². The van der Waals surface area contributed by atoms with Gasteiger partial charge in [-0.15, -0.1) is 11.6 Å². The summed E-state index contributed by atoms with van der Waals surface area (Å²) in [5.41, 5.74) is 4.82. The van der Waals surface area contributed by atoms with Crippen LogP contribution in [0, 0.1) is 0 Å². The van der Waals surface area contributed by atoms with Crippen LogP contribution in [0.3, 0.4) is 0 Å². The molecule has 2 aromatic carbocycles. The smallest absolute Gasteiger partial charge is 0.0793 e. The number of hydrogen-bond donors (Lipinski definition) is 0. The van der Waals surface area contributed by atoms with E-state index >= 15 is 0 Å². The van der Waals surface area contributed by atoms with Gasteiger partial charge >= 0.3 is 0 Å². The van der Waals surface area contributed by atoms with E-state index < -0.39 is 0 Å². The number of fused-ring (bicyclic) bond motifs is 1. The minimum atomic E-state index is 0.204. The number of aliphatic imine (C=N–C) groups is 1. The largest absolute Gasteiger partial charge is 0.279 e. The first-order valence-electron chi connectivity index (χ1n) is 6.14. The highest BCUT2D eigenvalue weighted by molar-refractivity contribution is 6.32. The van der Waals surface area contributed by atoms with Crippen molar-refractivity contribution in [2.75, 3.05) is 5.88 Å². The van der Waals surface area contributed by atoms with Gasteiger partial charge in [-0.1, -0.05) is 54.6 Å². The number of halogens is 1. The number of benzene rings is 2. The zero-order valence-corrected chi connectivity index (χ0v) is 10.8. The molecule has 0 N–H and O–H groups in total. The first-order chi connectivity index (χ1) is 8.88. The molecule has 0 saturated carbocycles. The fourth-order valence-electron chi connectivity index (χ4n) is 2.47. The van der Waals surface area contributed by atoms with Crippen LogP contribution in [-0.2, 0) is 6.42 Å². The van der Waals surface area contributed by atoms with Gasteiger partial charge in [0.15, 0.2) is 0 Å². The van der Waals surface area contributed by atoms with E-state index in [0.717, 1.165) is 12.1 Å². The van der Waals surface area contributed by atoms with Crippen molar-refractivity contribution in [3.05, 3.63) is 71.3 Å². The Bertz CT molecular complexity index is 575. The van der Waals surface area contributed by atoms with Crippen LogP contribution in [0.4, 0.5) is 0 Å². The van der Waals surface area contributed by atoms with Crippen molar-refractivity contribution in [1.82, 2.24) is 0 Å². The number of nitrogens with zero attached hydrogens (tertiary/aromatic N) is 1. The van der Waals surface area contributed by atoms with Crippen LogP contribution in [0.5, 0.6) is 0 Å². The Morgan fingerprint density at radius 3 is 2.50 bits per heavy atom. The highest BCUT2D eigenvalue weighted by Crippen LogP contribution is 2.29. The molecule has 1 nitrogen and oxygen atoms in total. The molecule has 1 aliphatic heterocycles. The molecule has 2 aromatic rings. The van der Waals surface area contributed by atoms with Crippen LogP contribution in [0.2, 0.25) is 0 Å². The van der Waals surface area contributed by atoms with Crippen molar-refractivity contribution in [2.24, 2.45) is 4.99 Å². The molecule has 0 aliphatic carbocycles. The summed E-state index contributed by atoms with van der Waals surface area (Å²) in [5, 5.41) is 0. The van der Waals surface area contributed by atoms with E-state index in [-0.39, 0.29) is 6.04 Å². The summed E-state index contributed by atoms with van der Waals surface area (Å²) in [6, 6.07) is 19.0. The summed E-state index contributed by atoms with van der Waals surface area (Å²) >= 11 is 6.03. The van der Waals surface area contributed by atoms with Crippen molar-refractivity contribution in [3.8, 4) is 0 Å². The van der Waals surface area contributed by atoms with Crippen LogP contribution in [0.1, 0.15) is 22.7 Å². The first kappa shape index (κ1) is 11.5. The topological polar surface area (TPSA) is 12.4 Å². The number of alkyl halides is 1. The second-order valence-electron chi connectivity index (χ2n) is 4.50. The van der Waals surface area contributed by atoms with Gasteiger partial charge in [-0.2, -0.15) is 0 Å². The quantitative estimate of drug-likeness (QED) is 0.719. The number of hydrogen-bond acceptors (Lipinski definition) is 1. The van der Waals surface area contributed by atoms with E-state index in [4.69, 9.17) is 16.6 Å². The maximum absolute atomic E-state index is 6.03. The molecule has 0 fully saturated rings. The van der Waals surface area contributed by atoms with Crippen LogP contribution >= 0.6 is 11.6 Å². The molecule has 0 amide bonds. The van der Waals surface area contributed by atoms with Gasteiger partial charge in [0, 0.05) is 5.56 Å². The molecule has 0 radical (unpaired) electrons. The van der Waals surface area contributed by atoms with E-state index in [1.807, 2.05) is 12.1 Å². The summed E-state index contributed by atoms with van der Waals surface area (Å²) in [7, 11) is 0. The Labute approximate surface area is 112 Å². The molecule has 1 atom stereocenters. The average Bonchev–Trinajstić information content (AvgIpc) is 2.47. The molecule has 18 heavy (non-hydrogen) atoms. The average molecular weight is 256 g/mol. The molecule has 0 spiro atoms. The van der Waals surface area contributed by atoms with Gasteiger partial charge < -0.3 is 0 Å². The molecular formula is C16H14ClN. The van der Waals surface area contributed by atoms with Crippen molar-refractivity contribution in [1.29, 1.82) is 0 Å². The van der Waals surface area contributed by atoms with E-state index in [2.05, 4.69) is 42.5 Å². The van der Waals surface area contributed by atoms with Crippen molar-refractivity contribution in [2.45, 2.75) is 12.5 Å². The summed E-state index contributed by atoms with van der Waals surface area (Å²) in [6.45, 7) is 0. The van der Waals surface area contributed by atoms with E-state index in [1.165, 1.54) is 16.7 Å². The van der Waals surface area contributed by atoms with Gasteiger partial charge in [-0.25, -0.2) is 0 Å². The van der Waals surface area contributed by atoms with Gasteiger partial charge in [-0.3, -0.25) is 4.99 Å². The highest BCUT2D eigenvalue weighted by atomic mass is 35.5. The maximum Gasteiger partial charge on any atom is 0.0793 e. The second-order valence-corrected chi connectivity index (χ2v) is 4.76. The van der Waals surface area contributed by atoms with Gasteiger partial charge in [0.25, 0.3) is 0 Å². The van der Waals surface area contributed by atoms with E-state index in [1.54, 1.807) is 0 Å². The van der Waals surface area contributed by atoms with Gasteiger partial charge in [0.1, 0.15) is 0 Å². The lowest BCUT2D eigenvalue weighted by molar-refractivity contribution is 0.711. The molecule has 0 saturated heterocycles. The van der Waals surface area contributed by atoms with Gasteiger partial charge in [-0.05, 0) is 17.5 Å². The molecule has 1 unspecified atom stereocenters. The lowest BCUT2D eigenvalue weighted by Crippen LogP contribution is -2.17.